The molecule has 0 spiro atoms. The van der Waals surface area contributed by atoms with E-state index in [0.29, 0.717) is 13.0 Å². The van der Waals surface area contributed by atoms with Crippen LogP contribution in [0.4, 0.5) is 0 Å². The first-order chi connectivity index (χ1) is 7.51. The predicted octanol–water partition coefficient (Wildman–Crippen LogP) is 0.0153. The molecular formula is C11H23N3O2. The van der Waals surface area contributed by atoms with E-state index < -0.39 is 0 Å². The molecule has 0 aromatic carbocycles. The molecule has 2 atom stereocenters. The fourth-order valence-corrected chi connectivity index (χ4v) is 1.09. The van der Waals surface area contributed by atoms with Gasteiger partial charge in [0, 0.05) is 26.1 Å². The topological polar surface area (TPSA) is 70.2 Å². The smallest absolute Gasteiger partial charge is 0.237 e. The largest absolute Gasteiger partial charge is 0.359 e. The summed E-state index contributed by atoms with van der Waals surface area (Å²) in [5.74, 6) is -0.0479. The third kappa shape index (κ3) is 6.40. The fraction of sp³-hybridized carbons (Fsp3) is 0.818. The maximum atomic E-state index is 11.6. The van der Waals surface area contributed by atoms with E-state index in [-0.39, 0.29) is 23.9 Å². The molecule has 0 aromatic rings. The Morgan fingerprint density at radius 2 is 1.88 bits per heavy atom. The van der Waals surface area contributed by atoms with E-state index in [1.165, 1.54) is 0 Å². The van der Waals surface area contributed by atoms with Gasteiger partial charge in [-0.15, -0.1) is 0 Å². The molecule has 0 heterocycles. The molecule has 2 amide bonds. The Kier molecular flexibility index (Phi) is 7.54. The summed E-state index contributed by atoms with van der Waals surface area (Å²) in [6, 6.07) is -0.0747. The highest BCUT2D eigenvalue weighted by atomic mass is 16.2. The first kappa shape index (κ1) is 14.9. The van der Waals surface area contributed by atoms with Crippen LogP contribution in [0.15, 0.2) is 0 Å². The van der Waals surface area contributed by atoms with Crippen molar-refractivity contribution in [2.45, 2.75) is 45.7 Å². The quantitative estimate of drug-likeness (QED) is 0.576. The van der Waals surface area contributed by atoms with Gasteiger partial charge in [0.05, 0.1) is 6.04 Å². The Bertz CT molecular complexity index is 231. The Labute approximate surface area is 97.4 Å². The van der Waals surface area contributed by atoms with Gasteiger partial charge in [0.2, 0.25) is 11.8 Å². The minimum Gasteiger partial charge on any atom is -0.359 e. The predicted molar refractivity (Wildman–Crippen MR) is 64.0 cm³/mol. The Hall–Kier alpha value is -1.10. The summed E-state index contributed by atoms with van der Waals surface area (Å²) in [4.78, 5) is 22.5. The average molecular weight is 229 g/mol. The molecule has 0 aromatic heterocycles. The van der Waals surface area contributed by atoms with Crippen LogP contribution in [0.5, 0.6) is 0 Å². The van der Waals surface area contributed by atoms with Gasteiger partial charge in [0.25, 0.3) is 0 Å². The van der Waals surface area contributed by atoms with E-state index >= 15 is 0 Å². The molecule has 0 aliphatic carbocycles. The van der Waals surface area contributed by atoms with Gasteiger partial charge in [-0.3, -0.25) is 9.59 Å². The summed E-state index contributed by atoms with van der Waals surface area (Å²) in [6.07, 6.45) is 1.30. The maximum Gasteiger partial charge on any atom is 0.237 e. The van der Waals surface area contributed by atoms with E-state index in [2.05, 4.69) is 16.0 Å². The van der Waals surface area contributed by atoms with Crippen LogP contribution >= 0.6 is 0 Å². The minimum atomic E-state index is -0.265. The highest BCUT2D eigenvalue weighted by Crippen LogP contribution is 1.90. The maximum absolute atomic E-state index is 11.6. The van der Waals surface area contributed by atoms with Crippen molar-refractivity contribution in [1.29, 1.82) is 0 Å². The van der Waals surface area contributed by atoms with Gasteiger partial charge in [-0.2, -0.15) is 0 Å². The van der Waals surface area contributed by atoms with Gasteiger partial charge in [-0.1, -0.05) is 6.92 Å². The molecule has 5 heteroatoms. The molecule has 0 rings (SSSR count). The van der Waals surface area contributed by atoms with Crippen LogP contribution in [0.2, 0.25) is 0 Å². The van der Waals surface area contributed by atoms with Crippen molar-refractivity contribution in [2.24, 2.45) is 0 Å². The van der Waals surface area contributed by atoms with E-state index in [0.717, 1.165) is 6.42 Å². The van der Waals surface area contributed by atoms with Crippen molar-refractivity contribution in [3.8, 4) is 0 Å². The number of carbonyl (C=O) groups excluding carboxylic acids is 2. The molecule has 0 saturated heterocycles. The van der Waals surface area contributed by atoms with Crippen LogP contribution < -0.4 is 16.0 Å². The Morgan fingerprint density at radius 3 is 2.38 bits per heavy atom. The minimum absolute atomic E-state index is 0.0220. The second-order valence-electron chi connectivity index (χ2n) is 3.92. The highest BCUT2D eigenvalue weighted by molar-refractivity contribution is 5.81. The lowest BCUT2D eigenvalue weighted by Crippen LogP contribution is -2.46. The van der Waals surface area contributed by atoms with Gasteiger partial charge in [0.1, 0.15) is 0 Å². The third-order valence-electron chi connectivity index (χ3n) is 2.48. The molecular weight excluding hydrogens is 206 g/mol. The zero-order valence-electron chi connectivity index (χ0n) is 10.6. The molecule has 0 fully saturated rings. The molecule has 0 aliphatic rings. The van der Waals surface area contributed by atoms with Crippen LogP contribution in [-0.4, -0.2) is 37.5 Å². The number of rotatable bonds is 7. The molecule has 3 N–H and O–H groups in total. The normalized spacial score (nSPS) is 14.0. The molecule has 0 radical (unpaired) electrons. The molecule has 16 heavy (non-hydrogen) atoms. The number of carbonyl (C=O) groups is 2. The summed E-state index contributed by atoms with van der Waals surface area (Å²) >= 11 is 0. The van der Waals surface area contributed by atoms with E-state index in [1.807, 2.05) is 13.8 Å². The van der Waals surface area contributed by atoms with Crippen LogP contribution in [0.3, 0.4) is 0 Å². The molecule has 2 unspecified atom stereocenters. The number of amides is 2. The van der Waals surface area contributed by atoms with Crippen molar-refractivity contribution in [1.82, 2.24) is 16.0 Å². The van der Waals surface area contributed by atoms with Crippen LogP contribution in [-0.2, 0) is 9.59 Å². The number of hydrogen-bond acceptors (Lipinski definition) is 3. The van der Waals surface area contributed by atoms with E-state index in [4.69, 9.17) is 0 Å². The summed E-state index contributed by atoms with van der Waals surface area (Å²) in [6.45, 7) is 6.29. The van der Waals surface area contributed by atoms with Gasteiger partial charge >= 0.3 is 0 Å². The van der Waals surface area contributed by atoms with Crippen LogP contribution in [0.25, 0.3) is 0 Å². The Balaban J connectivity index is 3.75. The number of nitrogens with one attached hydrogen (secondary N) is 3. The fourth-order valence-electron chi connectivity index (χ4n) is 1.09. The summed E-state index contributed by atoms with van der Waals surface area (Å²) in [5, 5.41) is 8.41. The Morgan fingerprint density at radius 1 is 1.25 bits per heavy atom. The standard InChI is InChI=1S/C11H23N3O2/c1-5-8(2)14-11(16)9(3)13-7-6-10(15)12-4/h8-9,13H,5-7H2,1-4H3,(H,12,15)(H,14,16). The molecule has 5 nitrogen and oxygen atoms in total. The molecule has 0 saturated carbocycles. The molecule has 0 aliphatic heterocycles. The van der Waals surface area contributed by atoms with Crippen molar-refractivity contribution in [2.75, 3.05) is 13.6 Å². The van der Waals surface area contributed by atoms with Crippen molar-refractivity contribution < 1.29 is 9.59 Å². The molecule has 94 valence electrons. The monoisotopic (exact) mass is 229 g/mol. The van der Waals surface area contributed by atoms with Gasteiger partial charge < -0.3 is 16.0 Å². The SMILES string of the molecule is CCC(C)NC(=O)C(C)NCCC(=O)NC. The van der Waals surface area contributed by atoms with Crippen LogP contribution in [0.1, 0.15) is 33.6 Å². The third-order valence-corrected chi connectivity index (χ3v) is 2.48. The second-order valence-corrected chi connectivity index (χ2v) is 3.92. The summed E-state index contributed by atoms with van der Waals surface area (Å²) in [7, 11) is 1.60. The van der Waals surface area contributed by atoms with E-state index in [9.17, 15) is 9.59 Å². The zero-order chi connectivity index (χ0) is 12.6. The number of hydrogen-bond donors (Lipinski definition) is 3. The van der Waals surface area contributed by atoms with Crippen molar-refractivity contribution in [3.63, 3.8) is 0 Å². The lowest BCUT2D eigenvalue weighted by Gasteiger charge is -2.17. The second kappa shape index (κ2) is 8.10. The van der Waals surface area contributed by atoms with Crippen molar-refractivity contribution in [3.05, 3.63) is 0 Å². The summed E-state index contributed by atoms with van der Waals surface area (Å²) < 4.78 is 0. The van der Waals surface area contributed by atoms with Crippen molar-refractivity contribution >= 4 is 11.8 Å². The summed E-state index contributed by atoms with van der Waals surface area (Å²) in [5.41, 5.74) is 0. The van der Waals surface area contributed by atoms with E-state index in [1.54, 1.807) is 14.0 Å². The average Bonchev–Trinajstić information content (AvgIpc) is 2.28. The first-order valence-electron chi connectivity index (χ1n) is 5.75. The highest BCUT2D eigenvalue weighted by Gasteiger charge is 2.13. The lowest BCUT2D eigenvalue weighted by molar-refractivity contribution is -0.124. The van der Waals surface area contributed by atoms with Gasteiger partial charge in [-0.25, -0.2) is 0 Å². The first-order valence-corrected chi connectivity index (χ1v) is 5.75. The van der Waals surface area contributed by atoms with Gasteiger partial charge in [-0.05, 0) is 20.3 Å². The molecule has 0 bridgehead atoms. The zero-order valence-corrected chi connectivity index (χ0v) is 10.6. The lowest BCUT2D eigenvalue weighted by atomic mass is 10.2. The van der Waals surface area contributed by atoms with Gasteiger partial charge in [0.15, 0.2) is 0 Å². The van der Waals surface area contributed by atoms with Crippen LogP contribution in [0, 0.1) is 0 Å².